The molecule has 0 saturated carbocycles. The van der Waals surface area contributed by atoms with Crippen LogP contribution < -0.4 is 33.8 Å². The minimum Gasteiger partial charge on any atom is -0.497 e. The molecule has 0 spiro atoms. The van der Waals surface area contributed by atoms with Gasteiger partial charge in [-0.3, -0.25) is 9.36 Å². The highest BCUT2D eigenvalue weighted by Crippen LogP contribution is 2.39. The molecule has 0 bridgehead atoms. The number of carbonyl (C=O) groups excluding carboxylic acids is 1. The molecule has 2 heterocycles. The van der Waals surface area contributed by atoms with Crippen molar-refractivity contribution < 1.29 is 28.5 Å². The molecule has 0 unspecified atom stereocenters. The van der Waals surface area contributed by atoms with Crippen LogP contribution in [0.2, 0.25) is 0 Å². The van der Waals surface area contributed by atoms with Gasteiger partial charge in [-0.1, -0.05) is 53.8 Å². The zero-order valence-corrected chi connectivity index (χ0v) is 24.7. The zero-order chi connectivity index (χ0) is 29.8. The molecule has 9 nitrogen and oxygen atoms in total. The molecule has 216 valence electrons. The van der Waals surface area contributed by atoms with Crippen LogP contribution in [0.4, 0.5) is 0 Å². The first-order valence-electron chi connectivity index (χ1n) is 13.2. The Hall–Kier alpha value is -4.83. The van der Waals surface area contributed by atoms with E-state index < -0.39 is 12.0 Å². The number of fused-ring (bicyclic) bond motifs is 1. The highest BCUT2D eigenvalue weighted by atomic mass is 32.1. The number of nitrogens with zero attached hydrogens (tertiary/aromatic N) is 2. The lowest BCUT2D eigenvalue weighted by Crippen LogP contribution is -2.40. The van der Waals surface area contributed by atoms with Gasteiger partial charge in [-0.15, -0.1) is 0 Å². The van der Waals surface area contributed by atoms with Gasteiger partial charge in [-0.2, -0.15) is 0 Å². The van der Waals surface area contributed by atoms with Crippen molar-refractivity contribution >= 4 is 29.1 Å². The molecule has 10 heteroatoms. The molecule has 1 atom stereocenters. The first-order valence-corrected chi connectivity index (χ1v) is 14.0. The Morgan fingerprint density at radius 1 is 0.929 bits per heavy atom. The van der Waals surface area contributed by atoms with Crippen molar-refractivity contribution in [1.82, 2.24) is 4.57 Å². The van der Waals surface area contributed by atoms with Crippen molar-refractivity contribution in [3.63, 3.8) is 0 Å². The second-order valence-corrected chi connectivity index (χ2v) is 10.2. The Morgan fingerprint density at radius 3 is 2.26 bits per heavy atom. The maximum Gasteiger partial charge on any atom is 0.338 e. The van der Waals surface area contributed by atoms with Crippen LogP contribution in [0.5, 0.6) is 23.0 Å². The van der Waals surface area contributed by atoms with Gasteiger partial charge in [0.05, 0.1) is 56.9 Å². The Balaban J connectivity index is 1.82. The quantitative estimate of drug-likeness (QED) is 0.274. The highest BCUT2D eigenvalue weighted by Gasteiger charge is 2.35. The number of carbonyl (C=O) groups is 1. The van der Waals surface area contributed by atoms with E-state index in [1.165, 1.54) is 32.7 Å². The fraction of sp³-hybridized carbons (Fsp3) is 0.219. The predicted molar refractivity (Wildman–Crippen MR) is 160 cm³/mol. The minimum atomic E-state index is -0.812. The molecule has 0 aliphatic carbocycles. The third-order valence-corrected chi connectivity index (χ3v) is 7.75. The van der Waals surface area contributed by atoms with Crippen molar-refractivity contribution in [1.29, 1.82) is 0 Å². The van der Waals surface area contributed by atoms with Gasteiger partial charge in [0, 0.05) is 5.56 Å². The van der Waals surface area contributed by atoms with E-state index in [-0.39, 0.29) is 17.7 Å². The van der Waals surface area contributed by atoms with Crippen LogP contribution in [0, 0.1) is 0 Å². The summed E-state index contributed by atoms with van der Waals surface area (Å²) in [6.07, 6.45) is 1.74. The fourth-order valence-electron chi connectivity index (χ4n) is 4.90. The summed E-state index contributed by atoms with van der Waals surface area (Å²) in [6, 6.07) is 19.4. The SMILES string of the molecule is CCOC(=O)C1=C(c2ccccc2)N=c2sc(=Cc3cc(OC)c(OC)c(OC)c3)c(=O)n2[C@@H]1c1cccc(OC)c1. The molecule has 1 aromatic heterocycles. The summed E-state index contributed by atoms with van der Waals surface area (Å²) in [7, 11) is 6.16. The van der Waals surface area contributed by atoms with Crippen molar-refractivity contribution in [2.45, 2.75) is 13.0 Å². The lowest BCUT2D eigenvalue weighted by molar-refractivity contribution is -0.138. The van der Waals surface area contributed by atoms with E-state index in [1.807, 2.05) is 54.6 Å². The van der Waals surface area contributed by atoms with E-state index in [0.717, 1.165) is 5.56 Å². The van der Waals surface area contributed by atoms with Gasteiger partial charge in [-0.25, -0.2) is 9.79 Å². The van der Waals surface area contributed by atoms with E-state index in [1.54, 1.807) is 36.8 Å². The Kier molecular flexibility index (Phi) is 8.44. The number of aromatic nitrogens is 1. The number of benzene rings is 3. The fourth-order valence-corrected chi connectivity index (χ4v) is 5.90. The summed E-state index contributed by atoms with van der Waals surface area (Å²) >= 11 is 1.23. The van der Waals surface area contributed by atoms with Crippen LogP contribution in [0.3, 0.4) is 0 Å². The summed E-state index contributed by atoms with van der Waals surface area (Å²) in [5.41, 5.74) is 2.48. The maximum atomic E-state index is 14.1. The monoisotopic (exact) mass is 586 g/mol. The smallest absolute Gasteiger partial charge is 0.338 e. The largest absolute Gasteiger partial charge is 0.497 e. The number of thiazole rings is 1. The Labute approximate surface area is 246 Å². The summed E-state index contributed by atoms with van der Waals surface area (Å²) < 4.78 is 29.4. The zero-order valence-electron chi connectivity index (χ0n) is 23.9. The van der Waals surface area contributed by atoms with Crippen LogP contribution in [0.25, 0.3) is 11.8 Å². The Morgan fingerprint density at radius 2 is 1.64 bits per heavy atom. The molecule has 0 saturated heterocycles. The average molecular weight is 587 g/mol. The number of ether oxygens (including phenoxy) is 5. The summed E-state index contributed by atoms with van der Waals surface area (Å²) in [6.45, 7) is 1.91. The van der Waals surface area contributed by atoms with Crippen LogP contribution in [-0.4, -0.2) is 45.6 Å². The van der Waals surface area contributed by atoms with Crippen LogP contribution in [0.1, 0.15) is 29.7 Å². The predicted octanol–water partition coefficient (Wildman–Crippen LogP) is 3.97. The van der Waals surface area contributed by atoms with Gasteiger partial charge in [0.25, 0.3) is 5.56 Å². The van der Waals surface area contributed by atoms with Crippen molar-refractivity contribution in [3.8, 4) is 23.0 Å². The van der Waals surface area contributed by atoms with E-state index in [2.05, 4.69) is 0 Å². The maximum absolute atomic E-state index is 14.1. The second kappa shape index (κ2) is 12.4. The summed E-state index contributed by atoms with van der Waals surface area (Å²) in [5.74, 6) is 1.41. The topological polar surface area (TPSA) is 97.6 Å². The molecular weight excluding hydrogens is 556 g/mol. The van der Waals surface area contributed by atoms with Crippen molar-refractivity contribution in [2.24, 2.45) is 4.99 Å². The third-order valence-electron chi connectivity index (χ3n) is 6.77. The molecule has 42 heavy (non-hydrogen) atoms. The first-order chi connectivity index (χ1) is 20.4. The van der Waals surface area contributed by atoms with Crippen molar-refractivity contribution in [2.75, 3.05) is 35.0 Å². The van der Waals surface area contributed by atoms with Gasteiger partial charge in [0.1, 0.15) is 5.75 Å². The molecule has 0 N–H and O–H groups in total. The Bertz CT molecular complexity index is 1820. The standard InChI is InChI=1S/C32H30N2O7S/c1-6-41-31(36)26-27(20-11-8-7-9-12-20)33-32-34(28(26)21-13-10-14-22(18-21)37-2)30(35)25(42-32)17-19-15-23(38-3)29(40-5)24(16-19)39-4/h7-18,28H,6H2,1-5H3/t28-/m1/s1. The molecule has 1 aliphatic heterocycles. The molecule has 3 aromatic carbocycles. The number of rotatable bonds is 9. The average Bonchev–Trinajstić information content (AvgIpc) is 3.34. The lowest BCUT2D eigenvalue weighted by atomic mass is 9.93. The van der Waals surface area contributed by atoms with E-state index in [4.69, 9.17) is 28.7 Å². The summed E-state index contributed by atoms with van der Waals surface area (Å²) in [4.78, 5) is 33.1. The lowest BCUT2D eigenvalue weighted by Gasteiger charge is -2.26. The first kappa shape index (κ1) is 28.7. The van der Waals surface area contributed by atoms with E-state index in [9.17, 15) is 9.59 Å². The molecule has 4 aromatic rings. The molecule has 0 radical (unpaired) electrons. The number of methoxy groups -OCH3 is 4. The van der Waals surface area contributed by atoms with Gasteiger partial charge in [0.2, 0.25) is 5.75 Å². The molecule has 1 aliphatic rings. The van der Waals surface area contributed by atoms with Crippen LogP contribution >= 0.6 is 11.3 Å². The normalized spacial score (nSPS) is 14.6. The third kappa shape index (κ3) is 5.28. The minimum absolute atomic E-state index is 0.167. The van der Waals surface area contributed by atoms with Gasteiger partial charge in [0.15, 0.2) is 16.3 Å². The highest BCUT2D eigenvalue weighted by molar-refractivity contribution is 7.07. The molecule has 0 fully saturated rings. The number of hydrogen-bond acceptors (Lipinski definition) is 9. The van der Waals surface area contributed by atoms with E-state index >= 15 is 0 Å². The van der Waals surface area contributed by atoms with Crippen LogP contribution in [0.15, 0.2) is 82.1 Å². The molecule has 5 rings (SSSR count). The number of hydrogen-bond donors (Lipinski definition) is 0. The number of esters is 1. The molecule has 0 amide bonds. The van der Waals surface area contributed by atoms with Crippen molar-refractivity contribution in [3.05, 3.63) is 109 Å². The molecular formula is C32H30N2O7S. The van der Waals surface area contributed by atoms with Gasteiger partial charge in [-0.05, 0) is 48.4 Å². The van der Waals surface area contributed by atoms with E-state index in [0.29, 0.717) is 49.2 Å². The van der Waals surface area contributed by atoms with Gasteiger partial charge >= 0.3 is 5.97 Å². The van der Waals surface area contributed by atoms with Gasteiger partial charge < -0.3 is 23.7 Å². The van der Waals surface area contributed by atoms with Crippen LogP contribution in [-0.2, 0) is 9.53 Å². The summed E-state index contributed by atoms with van der Waals surface area (Å²) in [5, 5.41) is 0. The second-order valence-electron chi connectivity index (χ2n) is 9.17.